The lowest BCUT2D eigenvalue weighted by Gasteiger charge is -1.91. The predicted octanol–water partition coefficient (Wildman–Crippen LogP) is 1.78. The maximum absolute atomic E-state index is 10.2. The molecule has 0 amide bonds. The molecule has 0 fully saturated rings. The minimum Gasteiger partial charge on any atom is -0.298 e. The first-order valence-electron chi connectivity index (χ1n) is 2.71. The fourth-order valence-electron chi connectivity index (χ4n) is 0.621. The van der Waals surface area contributed by atoms with E-state index in [-0.39, 0.29) is 17.0 Å². The molecule has 0 N–H and O–H groups in total. The lowest BCUT2D eigenvalue weighted by atomic mass is 10.2. The van der Waals surface area contributed by atoms with Crippen LogP contribution < -0.4 is 0 Å². The summed E-state index contributed by atoms with van der Waals surface area (Å²) in [5.41, 5.74) is 1.45. The van der Waals surface area contributed by atoms with Crippen LogP contribution in [0.5, 0.6) is 0 Å². The van der Waals surface area contributed by atoms with Gasteiger partial charge in [0.2, 0.25) is 0 Å². The highest BCUT2D eigenvalue weighted by atomic mass is 79.9. The first-order valence-corrected chi connectivity index (χ1v) is 2.71. The first kappa shape index (κ1) is 9.30. The van der Waals surface area contributed by atoms with Crippen LogP contribution in [0.1, 0.15) is 16.1 Å². The zero-order valence-corrected chi connectivity index (χ0v) is 7.29. The second kappa shape index (κ2) is 4.17. The number of pyridine rings is 1. The molecule has 3 heteroatoms. The highest BCUT2D eigenvalue weighted by Gasteiger charge is 1.91. The molecule has 0 saturated carbocycles. The van der Waals surface area contributed by atoms with Crippen LogP contribution in [0.3, 0.4) is 0 Å². The van der Waals surface area contributed by atoms with Gasteiger partial charge in [-0.2, -0.15) is 0 Å². The van der Waals surface area contributed by atoms with Gasteiger partial charge in [0.05, 0.1) is 0 Å². The van der Waals surface area contributed by atoms with E-state index in [1.807, 2.05) is 6.92 Å². The van der Waals surface area contributed by atoms with Crippen LogP contribution in [0.15, 0.2) is 18.3 Å². The zero-order valence-electron chi connectivity index (χ0n) is 5.57. The lowest BCUT2D eigenvalue weighted by Crippen LogP contribution is -1.87. The Morgan fingerprint density at radius 1 is 1.60 bits per heavy atom. The third-order valence-corrected chi connectivity index (χ3v) is 1.17. The summed E-state index contributed by atoms with van der Waals surface area (Å²) in [6, 6.07) is 3.49. The highest BCUT2D eigenvalue weighted by molar-refractivity contribution is 8.93. The molecule has 2 nitrogen and oxygen atoms in total. The number of aryl methyl sites for hydroxylation is 1. The molecule has 0 aliphatic carbocycles. The summed E-state index contributed by atoms with van der Waals surface area (Å²) in [5.74, 6) is 0. The smallest absolute Gasteiger partial charge is 0.151 e. The maximum Gasteiger partial charge on any atom is 0.151 e. The number of hydrogen-bond donors (Lipinski definition) is 0. The molecular weight excluding hydrogens is 194 g/mol. The molecule has 1 heterocycles. The van der Waals surface area contributed by atoms with E-state index in [0.29, 0.717) is 5.56 Å². The number of nitrogens with zero attached hydrogens (tertiary/aromatic N) is 1. The van der Waals surface area contributed by atoms with Gasteiger partial charge >= 0.3 is 0 Å². The second-order valence-electron chi connectivity index (χ2n) is 1.80. The molecular formula is C7H8BrNO. The monoisotopic (exact) mass is 201 g/mol. The third kappa shape index (κ3) is 1.92. The number of rotatable bonds is 1. The van der Waals surface area contributed by atoms with Crippen LogP contribution in [-0.4, -0.2) is 11.3 Å². The molecule has 0 saturated heterocycles. The van der Waals surface area contributed by atoms with Crippen molar-refractivity contribution in [2.75, 3.05) is 0 Å². The van der Waals surface area contributed by atoms with Crippen molar-refractivity contribution in [2.24, 2.45) is 0 Å². The zero-order chi connectivity index (χ0) is 6.69. The average Bonchev–Trinajstić information content (AvgIpc) is 1.89. The lowest BCUT2D eigenvalue weighted by molar-refractivity contribution is 0.112. The van der Waals surface area contributed by atoms with Crippen molar-refractivity contribution in [3.05, 3.63) is 29.6 Å². The highest BCUT2D eigenvalue weighted by Crippen LogP contribution is 1.97. The van der Waals surface area contributed by atoms with E-state index in [9.17, 15) is 4.79 Å². The van der Waals surface area contributed by atoms with E-state index in [4.69, 9.17) is 0 Å². The molecule has 1 aromatic rings. The molecule has 54 valence electrons. The molecule has 0 aliphatic heterocycles. The number of aromatic nitrogens is 1. The van der Waals surface area contributed by atoms with Crippen LogP contribution in [0, 0.1) is 6.92 Å². The van der Waals surface area contributed by atoms with E-state index in [1.165, 1.54) is 0 Å². The van der Waals surface area contributed by atoms with Crippen LogP contribution in [0.25, 0.3) is 0 Å². The minimum atomic E-state index is 0. The second-order valence-corrected chi connectivity index (χ2v) is 1.80. The fourth-order valence-corrected chi connectivity index (χ4v) is 0.621. The molecule has 0 bridgehead atoms. The van der Waals surface area contributed by atoms with Crippen molar-refractivity contribution in [3.63, 3.8) is 0 Å². The van der Waals surface area contributed by atoms with Gasteiger partial charge < -0.3 is 0 Å². The van der Waals surface area contributed by atoms with Crippen LogP contribution >= 0.6 is 17.0 Å². The topological polar surface area (TPSA) is 30.0 Å². The number of hydrogen-bond acceptors (Lipinski definition) is 2. The molecule has 0 unspecified atom stereocenters. The molecule has 0 atom stereocenters. The number of aldehydes is 1. The summed E-state index contributed by atoms with van der Waals surface area (Å²) < 4.78 is 0. The first-order chi connectivity index (χ1) is 4.34. The summed E-state index contributed by atoms with van der Waals surface area (Å²) in [4.78, 5) is 14.1. The Balaban J connectivity index is 0.000000810. The Morgan fingerprint density at radius 2 is 2.30 bits per heavy atom. The summed E-state index contributed by atoms with van der Waals surface area (Å²) in [7, 11) is 0. The number of carbonyl (C=O) groups is 1. The maximum atomic E-state index is 10.2. The molecule has 1 aromatic heterocycles. The summed E-state index contributed by atoms with van der Waals surface area (Å²) in [6.07, 6.45) is 2.48. The van der Waals surface area contributed by atoms with Crippen LogP contribution in [-0.2, 0) is 0 Å². The van der Waals surface area contributed by atoms with Gasteiger partial charge in [-0.05, 0) is 19.1 Å². The van der Waals surface area contributed by atoms with E-state index in [2.05, 4.69) is 4.98 Å². The Hall–Kier alpha value is -0.700. The van der Waals surface area contributed by atoms with Gasteiger partial charge in [-0.1, -0.05) is 0 Å². The van der Waals surface area contributed by atoms with Crippen LogP contribution in [0.4, 0.5) is 0 Å². The largest absolute Gasteiger partial charge is 0.298 e. The van der Waals surface area contributed by atoms with Gasteiger partial charge in [0.1, 0.15) is 0 Å². The van der Waals surface area contributed by atoms with E-state index >= 15 is 0 Å². The van der Waals surface area contributed by atoms with Gasteiger partial charge in [-0.3, -0.25) is 9.78 Å². The fraction of sp³-hybridized carbons (Fsp3) is 0.143. The Labute approximate surface area is 70.1 Å². The van der Waals surface area contributed by atoms with E-state index in [1.54, 1.807) is 18.3 Å². The molecule has 0 spiro atoms. The predicted molar refractivity (Wildman–Crippen MR) is 44.7 cm³/mol. The molecule has 0 aliphatic rings. The van der Waals surface area contributed by atoms with Gasteiger partial charge in [0.25, 0.3) is 0 Å². The van der Waals surface area contributed by atoms with Crippen molar-refractivity contribution in [1.29, 1.82) is 0 Å². The van der Waals surface area contributed by atoms with Crippen molar-refractivity contribution < 1.29 is 4.79 Å². The van der Waals surface area contributed by atoms with Gasteiger partial charge in [0, 0.05) is 17.5 Å². The van der Waals surface area contributed by atoms with Crippen molar-refractivity contribution >= 4 is 23.3 Å². The normalized spacial score (nSPS) is 8.10. The average molecular weight is 202 g/mol. The van der Waals surface area contributed by atoms with Crippen molar-refractivity contribution in [1.82, 2.24) is 4.98 Å². The molecule has 10 heavy (non-hydrogen) atoms. The number of halogens is 1. The summed E-state index contributed by atoms with van der Waals surface area (Å²) in [6.45, 7) is 1.81. The quantitative estimate of drug-likeness (QED) is 0.649. The third-order valence-electron chi connectivity index (χ3n) is 1.17. The van der Waals surface area contributed by atoms with Gasteiger partial charge in [0.15, 0.2) is 6.29 Å². The van der Waals surface area contributed by atoms with E-state index in [0.717, 1.165) is 12.0 Å². The van der Waals surface area contributed by atoms with E-state index < -0.39 is 0 Å². The van der Waals surface area contributed by atoms with Crippen molar-refractivity contribution in [3.8, 4) is 0 Å². The minimum absolute atomic E-state index is 0. The molecule has 0 aromatic carbocycles. The standard InChI is InChI=1S/C7H7NO.BrH/c1-6-7(5-9)3-2-4-8-6;/h2-5H,1H3;1H. The SMILES string of the molecule is Br.Cc1ncccc1C=O. The van der Waals surface area contributed by atoms with Crippen LogP contribution in [0.2, 0.25) is 0 Å². The Bertz CT molecular complexity index is 225. The Kier molecular flexibility index (Phi) is 3.88. The summed E-state index contributed by atoms with van der Waals surface area (Å²) >= 11 is 0. The Morgan fingerprint density at radius 3 is 2.70 bits per heavy atom. The van der Waals surface area contributed by atoms with Gasteiger partial charge in [-0.15, -0.1) is 17.0 Å². The molecule has 0 radical (unpaired) electrons. The number of carbonyl (C=O) groups excluding carboxylic acids is 1. The molecule has 1 rings (SSSR count). The van der Waals surface area contributed by atoms with Gasteiger partial charge in [-0.25, -0.2) is 0 Å². The summed E-state index contributed by atoms with van der Waals surface area (Å²) in [5, 5.41) is 0. The van der Waals surface area contributed by atoms with Crippen molar-refractivity contribution in [2.45, 2.75) is 6.92 Å².